The molecule has 0 saturated carbocycles. The van der Waals surface area contributed by atoms with Crippen molar-refractivity contribution in [1.82, 2.24) is 30.4 Å². The molecule has 2 saturated heterocycles. The lowest BCUT2D eigenvalue weighted by atomic mass is 9.84. The highest BCUT2D eigenvalue weighted by Gasteiger charge is 2.37. The van der Waals surface area contributed by atoms with Gasteiger partial charge in [0.25, 0.3) is 0 Å². The average Bonchev–Trinajstić information content (AvgIpc) is 3.62. The zero-order valence-corrected chi connectivity index (χ0v) is 21.3. The smallest absolute Gasteiger partial charge is 0.354 e. The molecule has 1 aromatic carbocycles. The molecule has 2 fully saturated rings. The molecule has 1 atom stereocenters. The molecule has 9 heteroatoms. The molecule has 6 rings (SSSR count). The van der Waals surface area contributed by atoms with Crippen molar-refractivity contribution in [3.05, 3.63) is 47.3 Å². The van der Waals surface area contributed by atoms with Gasteiger partial charge in [0.1, 0.15) is 0 Å². The number of aromatic amines is 2. The minimum atomic E-state index is -4.41. The summed E-state index contributed by atoms with van der Waals surface area (Å²) < 4.78 is 43.1. The summed E-state index contributed by atoms with van der Waals surface area (Å²) in [6, 6.07) is 5.07. The van der Waals surface area contributed by atoms with Crippen molar-refractivity contribution in [3.8, 4) is 11.3 Å². The van der Waals surface area contributed by atoms with Crippen molar-refractivity contribution < 1.29 is 13.2 Å². The van der Waals surface area contributed by atoms with E-state index in [0.717, 1.165) is 73.2 Å². The van der Waals surface area contributed by atoms with E-state index in [1.54, 1.807) is 12.4 Å². The van der Waals surface area contributed by atoms with Crippen molar-refractivity contribution in [2.45, 2.75) is 51.1 Å². The van der Waals surface area contributed by atoms with E-state index in [9.17, 15) is 13.2 Å². The molecular weight excluding hydrogens is 477 g/mol. The summed E-state index contributed by atoms with van der Waals surface area (Å²) in [5, 5.41) is 12.1. The number of pyridine rings is 1. The van der Waals surface area contributed by atoms with Gasteiger partial charge in [0, 0.05) is 34.6 Å². The minimum absolute atomic E-state index is 0.0983. The first kappa shape index (κ1) is 24.4. The molecule has 3 N–H and O–H groups in total. The molecule has 4 aromatic rings. The van der Waals surface area contributed by atoms with Crippen LogP contribution in [0.15, 0.2) is 30.6 Å². The number of nitrogens with zero attached hydrogens (tertiary/aromatic N) is 3. The topological polar surface area (TPSA) is 72.6 Å². The number of nitrogens with one attached hydrogen (secondary N) is 3. The Balaban J connectivity index is 1.41. The number of piperidine rings is 1. The molecule has 5 heterocycles. The molecule has 3 aromatic heterocycles. The van der Waals surface area contributed by atoms with Crippen LogP contribution in [0.25, 0.3) is 33.2 Å². The van der Waals surface area contributed by atoms with E-state index in [1.165, 1.54) is 12.5 Å². The van der Waals surface area contributed by atoms with Crippen LogP contribution in [0.1, 0.15) is 61.6 Å². The number of rotatable bonds is 5. The summed E-state index contributed by atoms with van der Waals surface area (Å²) in [6.07, 6.45) is 1.70. The van der Waals surface area contributed by atoms with Gasteiger partial charge >= 0.3 is 6.18 Å². The van der Waals surface area contributed by atoms with Gasteiger partial charge in [-0.25, -0.2) is 4.98 Å². The first-order valence-corrected chi connectivity index (χ1v) is 13.3. The number of hydrogen-bond donors (Lipinski definition) is 3. The van der Waals surface area contributed by atoms with Gasteiger partial charge in [0.15, 0.2) is 5.65 Å². The highest BCUT2D eigenvalue weighted by molar-refractivity contribution is 5.99. The number of hydrogen-bond acceptors (Lipinski definition) is 4. The van der Waals surface area contributed by atoms with E-state index >= 15 is 0 Å². The predicted molar refractivity (Wildman–Crippen MR) is 140 cm³/mol. The molecule has 0 amide bonds. The highest BCUT2D eigenvalue weighted by atomic mass is 19.4. The maximum absolute atomic E-state index is 14.4. The summed E-state index contributed by atoms with van der Waals surface area (Å²) in [7, 11) is 0. The Morgan fingerprint density at radius 1 is 1.11 bits per heavy atom. The van der Waals surface area contributed by atoms with Gasteiger partial charge in [-0.1, -0.05) is 13.8 Å². The number of H-pyrrole nitrogens is 2. The normalized spacial score (nSPS) is 20.1. The molecule has 6 nitrogen and oxygen atoms in total. The Kier molecular flexibility index (Phi) is 6.23. The van der Waals surface area contributed by atoms with Crippen LogP contribution in [0, 0.1) is 5.92 Å². The van der Waals surface area contributed by atoms with Crippen LogP contribution in [0.4, 0.5) is 13.2 Å². The van der Waals surface area contributed by atoms with Crippen LogP contribution < -0.4 is 5.32 Å². The molecular formula is C28H33F3N6. The Morgan fingerprint density at radius 2 is 1.92 bits per heavy atom. The fourth-order valence-electron chi connectivity index (χ4n) is 6.41. The fourth-order valence-corrected chi connectivity index (χ4v) is 6.41. The number of halogens is 3. The van der Waals surface area contributed by atoms with Gasteiger partial charge in [-0.15, -0.1) is 0 Å². The van der Waals surface area contributed by atoms with Crippen molar-refractivity contribution >= 4 is 21.9 Å². The summed E-state index contributed by atoms with van der Waals surface area (Å²) in [4.78, 5) is 10.1. The van der Waals surface area contributed by atoms with Gasteiger partial charge in [0.2, 0.25) is 0 Å². The van der Waals surface area contributed by atoms with Crippen LogP contribution in [0.2, 0.25) is 0 Å². The standard InChI is InChI=1S/C28H33F3N6/c1-16(2)25-21-11-20(18-5-9-37(10-6-18)15-17-3-7-32-13-17)23(28(29,30)31)12-24(21)35-26(25)19-4-8-33-27-22(19)14-34-36-27/h4,8,11-12,14,16-18,32,35H,3,5-7,9-10,13,15H2,1-2H3,(H,33,34,36). The van der Waals surface area contributed by atoms with E-state index in [-0.39, 0.29) is 11.8 Å². The number of fused-ring (bicyclic) bond motifs is 2. The number of aromatic nitrogens is 4. The largest absolute Gasteiger partial charge is 0.416 e. The molecule has 0 bridgehead atoms. The lowest BCUT2D eigenvalue weighted by molar-refractivity contribution is -0.138. The van der Waals surface area contributed by atoms with Crippen LogP contribution >= 0.6 is 0 Å². The van der Waals surface area contributed by atoms with Gasteiger partial charge in [-0.2, -0.15) is 18.3 Å². The second kappa shape index (κ2) is 9.44. The third kappa shape index (κ3) is 4.52. The lowest BCUT2D eigenvalue weighted by Gasteiger charge is -2.34. The van der Waals surface area contributed by atoms with Crippen LogP contribution in [0.5, 0.6) is 0 Å². The van der Waals surface area contributed by atoms with Crippen molar-refractivity contribution in [1.29, 1.82) is 0 Å². The maximum atomic E-state index is 14.4. The zero-order valence-electron chi connectivity index (χ0n) is 21.3. The van der Waals surface area contributed by atoms with Crippen LogP contribution in [-0.2, 0) is 6.18 Å². The molecule has 2 aliphatic rings. The first-order chi connectivity index (χ1) is 17.8. The first-order valence-electron chi connectivity index (χ1n) is 13.3. The Hall–Kier alpha value is -2.91. The summed E-state index contributed by atoms with van der Waals surface area (Å²) in [6.45, 7) is 9.03. The fraction of sp³-hybridized carbons (Fsp3) is 0.500. The zero-order chi connectivity index (χ0) is 25.7. The number of benzene rings is 1. The molecule has 0 spiro atoms. The van der Waals surface area contributed by atoms with Crippen molar-refractivity contribution in [2.75, 3.05) is 32.7 Å². The molecule has 196 valence electrons. The van der Waals surface area contributed by atoms with Crippen molar-refractivity contribution in [3.63, 3.8) is 0 Å². The molecule has 1 unspecified atom stereocenters. The monoisotopic (exact) mass is 510 g/mol. The van der Waals surface area contributed by atoms with Crippen LogP contribution in [-0.4, -0.2) is 57.8 Å². The van der Waals surface area contributed by atoms with Gasteiger partial charge in [-0.3, -0.25) is 5.10 Å². The second-order valence-corrected chi connectivity index (χ2v) is 11.0. The SMILES string of the molecule is CC(C)c1c(-c2ccnc3[nH]ncc23)[nH]c2cc(C(F)(F)F)c(C3CCN(CC4CCNC4)CC3)cc12. The summed E-state index contributed by atoms with van der Waals surface area (Å²) in [5.74, 6) is 0.671. The minimum Gasteiger partial charge on any atom is -0.354 e. The Bertz CT molecular complexity index is 1400. The van der Waals surface area contributed by atoms with E-state index in [1.807, 2.05) is 12.1 Å². The molecule has 37 heavy (non-hydrogen) atoms. The third-order valence-corrected chi connectivity index (χ3v) is 8.22. The maximum Gasteiger partial charge on any atom is 0.416 e. The number of likely N-dealkylation sites (tertiary alicyclic amines) is 1. The van der Waals surface area contributed by atoms with Gasteiger partial charge in [-0.05, 0) is 92.5 Å². The second-order valence-electron chi connectivity index (χ2n) is 11.0. The van der Waals surface area contributed by atoms with Crippen LogP contribution in [0.3, 0.4) is 0 Å². The Labute approximate surface area is 214 Å². The average molecular weight is 511 g/mol. The Morgan fingerprint density at radius 3 is 2.62 bits per heavy atom. The van der Waals surface area contributed by atoms with E-state index < -0.39 is 11.7 Å². The summed E-state index contributed by atoms with van der Waals surface area (Å²) >= 11 is 0. The molecule has 0 radical (unpaired) electrons. The van der Waals surface area contributed by atoms with Gasteiger partial charge < -0.3 is 15.2 Å². The lowest BCUT2D eigenvalue weighted by Crippen LogP contribution is -2.37. The molecule has 2 aliphatic heterocycles. The van der Waals surface area contributed by atoms with Crippen molar-refractivity contribution in [2.24, 2.45) is 5.92 Å². The quantitative estimate of drug-likeness (QED) is 0.306. The van der Waals surface area contributed by atoms with E-state index in [2.05, 4.69) is 44.2 Å². The van der Waals surface area contributed by atoms with Gasteiger partial charge in [0.05, 0.1) is 17.5 Å². The molecule has 0 aliphatic carbocycles. The third-order valence-electron chi connectivity index (χ3n) is 8.22. The number of alkyl halides is 3. The van der Waals surface area contributed by atoms with E-state index in [0.29, 0.717) is 22.6 Å². The summed E-state index contributed by atoms with van der Waals surface area (Å²) in [5.41, 5.74) is 3.87. The predicted octanol–water partition coefficient (Wildman–Crippen LogP) is 6.04. The van der Waals surface area contributed by atoms with E-state index in [4.69, 9.17) is 0 Å². The highest BCUT2D eigenvalue weighted by Crippen LogP contribution is 2.44.